The number of benzene rings is 1. The molecule has 0 bridgehead atoms. The molecule has 0 aliphatic carbocycles. The molecule has 2 aromatic rings. The Labute approximate surface area is 113 Å². The molecule has 0 spiro atoms. The molecule has 1 atom stereocenters. The summed E-state index contributed by atoms with van der Waals surface area (Å²) in [4.78, 5) is 2.41. The number of nitrogen functional groups attached to an aromatic ring is 1. The average molecular weight is 257 g/mol. The molecule has 1 aliphatic rings. The van der Waals surface area contributed by atoms with Gasteiger partial charge in [-0.1, -0.05) is 0 Å². The molecular weight excluding hydrogens is 238 g/mol. The second-order valence-corrected chi connectivity index (χ2v) is 5.15. The summed E-state index contributed by atoms with van der Waals surface area (Å²) in [6.45, 7) is 3.36. The van der Waals surface area contributed by atoms with Crippen molar-refractivity contribution in [2.45, 2.75) is 32.2 Å². The van der Waals surface area contributed by atoms with Gasteiger partial charge in [0, 0.05) is 12.6 Å². The maximum Gasteiger partial charge on any atom is 0.123 e. The number of rotatable bonds is 2. The first-order valence-corrected chi connectivity index (χ1v) is 6.77. The van der Waals surface area contributed by atoms with Crippen LogP contribution in [0.3, 0.4) is 0 Å². The second-order valence-electron chi connectivity index (χ2n) is 5.15. The fourth-order valence-corrected chi connectivity index (χ4v) is 2.75. The zero-order valence-corrected chi connectivity index (χ0v) is 11.2. The van der Waals surface area contributed by atoms with E-state index in [-0.39, 0.29) is 0 Å². The Morgan fingerprint density at radius 1 is 1.21 bits per heavy atom. The van der Waals surface area contributed by atoms with E-state index in [1.165, 1.54) is 19.3 Å². The third-order valence-electron chi connectivity index (χ3n) is 3.84. The Bertz CT molecular complexity index is 549. The highest BCUT2D eigenvalue weighted by Gasteiger charge is 2.20. The van der Waals surface area contributed by atoms with Gasteiger partial charge in [0.2, 0.25) is 0 Å². The molecule has 1 aliphatic heterocycles. The summed E-state index contributed by atoms with van der Waals surface area (Å²) in [6, 6.07) is 6.72. The standard InChI is InChI=1S/C14H19N5/c1-11-4-2-3-7-19(11)14-6-5-12(8-13(14)15)18-9-16-17-10-18/h5-6,8-11H,2-4,7,15H2,1H3/t11-/m0/s1. The SMILES string of the molecule is C[C@H]1CCCCN1c1ccc(-n2cnnc2)cc1N. The van der Waals surface area contributed by atoms with E-state index in [1.807, 2.05) is 10.6 Å². The number of hydrogen-bond acceptors (Lipinski definition) is 4. The highest BCUT2D eigenvalue weighted by atomic mass is 15.2. The van der Waals surface area contributed by atoms with Crippen molar-refractivity contribution >= 4 is 11.4 Å². The minimum Gasteiger partial charge on any atom is -0.397 e. The second kappa shape index (κ2) is 4.91. The minimum absolute atomic E-state index is 0.566. The van der Waals surface area contributed by atoms with Crippen molar-refractivity contribution in [2.75, 3.05) is 17.2 Å². The first kappa shape index (κ1) is 12.0. The third kappa shape index (κ3) is 2.28. The Hall–Kier alpha value is -2.04. The van der Waals surface area contributed by atoms with Crippen LogP contribution in [0.5, 0.6) is 0 Å². The molecule has 1 aromatic heterocycles. The van der Waals surface area contributed by atoms with Crippen LogP contribution in [0.15, 0.2) is 30.9 Å². The van der Waals surface area contributed by atoms with Crippen LogP contribution in [-0.4, -0.2) is 27.4 Å². The fraction of sp³-hybridized carbons (Fsp3) is 0.429. The van der Waals surface area contributed by atoms with Crippen LogP contribution in [0.25, 0.3) is 5.69 Å². The van der Waals surface area contributed by atoms with Gasteiger partial charge in [-0.15, -0.1) is 10.2 Å². The van der Waals surface area contributed by atoms with Crippen molar-refractivity contribution in [3.05, 3.63) is 30.9 Å². The quantitative estimate of drug-likeness (QED) is 0.838. The van der Waals surface area contributed by atoms with Gasteiger partial charge >= 0.3 is 0 Å². The van der Waals surface area contributed by atoms with Crippen molar-refractivity contribution in [1.29, 1.82) is 0 Å². The number of hydrogen-bond donors (Lipinski definition) is 1. The van der Waals surface area contributed by atoms with Gasteiger partial charge in [-0.3, -0.25) is 4.57 Å². The number of nitrogens with two attached hydrogens (primary N) is 1. The molecule has 0 radical (unpaired) electrons. The molecular formula is C14H19N5. The van der Waals surface area contributed by atoms with E-state index in [4.69, 9.17) is 5.73 Å². The Balaban J connectivity index is 1.91. The molecule has 3 rings (SSSR count). The van der Waals surface area contributed by atoms with Crippen LogP contribution in [0.2, 0.25) is 0 Å². The largest absolute Gasteiger partial charge is 0.397 e. The number of aromatic nitrogens is 3. The third-order valence-corrected chi connectivity index (χ3v) is 3.84. The van der Waals surface area contributed by atoms with Gasteiger partial charge in [-0.2, -0.15) is 0 Å². The maximum atomic E-state index is 6.22. The zero-order chi connectivity index (χ0) is 13.2. The summed E-state index contributed by atoms with van der Waals surface area (Å²) in [7, 11) is 0. The van der Waals surface area contributed by atoms with Gasteiger partial charge in [0.25, 0.3) is 0 Å². The smallest absolute Gasteiger partial charge is 0.123 e. The molecule has 1 aromatic carbocycles. The van der Waals surface area contributed by atoms with E-state index in [9.17, 15) is 0 Å². The van der Waals surface area contributed by atoms with Crippen LogP contribution in [0, 0.1) is 0 Å². The van der Waals surface area contributed by atoms with Gasteiger partial charge in [0.05, 0.1) is 17.1 Å². The summed E-state index contributed by atoms with van der Waals surface area (Å²) >= 11 is 0. The highest BCUT2D eigenvalue weighted by molar-refractivity contribution is 5.71. The van der Waals surface area contributed by atoms with E-state index in [0.717, 1.165) is 23.6 Å². The summed E-state index contributed by atoms with van der Waals surface area (Å²) in [5, 5.41) is 7.63. The molecule has 5 nitrogen and oxygen atoms in total. The van der Waals surface area contributed by atoms with Gasteiger partial charge in [0.1, 0.15) is 12.7 Å². The molecule has 5 heteroatoms. The molecule has 0 unspecified atom stereocenters. The van der Waals surface area contributed by atoms with Crippen LogP contribution in [0.4, 0.5) is 11.4 Å². The molecule has 0 saturated carbocycles. The lowest BCUT2D eigenvalue weighted by molar-refractivity contribution is 0.485. The number of piperidine rings is 1. The van der Waals surface area contributed by atoms with Crippen LogP contribution in [-0.2, 0) is 0 Å². The molecule has 0 amide bonds. The van der Waals surface area contributed by atoms with Crippen molar-refractivity contribution in [3.8, 4) is 5.69 Å². The lowest BCUT2D eigenvalue weighted by Crippen LogP contribution is -2.37. The predicted octanol–water partition coefficient (Wildman–Crippen LogP) is 2.23. The van der Waals surface area contributed by atoms with E-state index in [2.05, 4.69) is 34.2 Å². The van der Waals surface area contributed by atoms with Crippen molar-refractivity contribution in [2.24, 2.45) is 0 Å². The van der Waals surface area contributed by atoms with Crippen LogP contribution < -0.4 is 10.6 Å². The highest BCUT2D eigenvalue weighted by Crippen LogP contribution is 2.30. The van der Waals surface area contributed by atoms with E-state index < -0.39 is 0 Å². The molecule has 1 fully saturated rings. The summed E-state index contributed by atoms with van der Waals surface area (Å²) in [6.07, 6.45) is 7.16. The lowest BCUT2D eigenvalue weighted by Gasteiger charge is -2.36. The van der Waals surface area contributed by atoms with Crippen molar-refractivity contribution < 1.29 is 0 Å². The molecule has 1 saturated heterocycles. The Kier molecular flexibility index (Phi) is 3.11. The van der Waals surface area contributed by atoms with E-state index in [1.54, 1.807) is 12.7 Å². The van der Waals surface area contributed by atoms with Gasteiger partial charge in [-0.05, 0) is 44.4 Å². The average Bonchev–Trinajstić information content (AvgIpc) is 2.94. The van der Waals surface area contributed by atoms with E-state index in [0.29, 0.717) is 6.04 Å². The first-order valence-electron chi connectivity index (χ1n) is 6.77. The summed E-state index contributed by atoms with van der Waals surface area (Å²) in [5.74, 6) is 0. The molecule has 100 valence electrons. The number of anilines is 2. The van der Waals surface area contributed by atoms with E-state index >= 15 is 0 Å². The molecule has 2 N–H and O–H groups in total. The fourth-order valence-electron chi connectivity index (χ4n) is 2.75. The lowest BCUT2D eigenvalue weighted by atomic mass is 10.0. The molecule has 19 heavy (non-hydrogen) atoms. The zero-order valence-electron chi connectivity index (χ0n) is 11.2. The summed E-state index contributed by atoms with van der Waals surface area (Å²) < 4.78 is 1.86. The van der Waals surface area contributed by atoms with Crippen molar-refractivity contribution in [1.82, 2.24) is 14.8 Å². The molecule has 2 heterocycles. The van der Waals surface area contributed by atoms with Crippen molar-refractivity contribution in [3.63, 3.8) is 0 Å². The van der Waals surface area contributed by atoms with Crippen LogP contribution >= 0.6 is 0 Å². The normalized spacial score (nSPS) is 19.6. The van der Waals surface area contributed by atoms with Crippen LogP contribution in [0.1, 0.15) is 26.2 Å². The maximum absolute atomic E-state index is 6.22. The topological polar surface area (TPSA) is 60.0 Å². The number of nitrogens with zero attached hydrogens (tertiary/aromatic N) is 4. The predicted molar refractivity (Wildman–Crippen MR) is 76.4 cm³/mol. The minimum atomic E-state index is 0.566. The van der Waals surface area contributed by atoms with Gasteiger partial charge in [0.15, 0.2) is 0 Å². The monoisotopic (exact) mass is 257 g/mol. The van der Waals surface area contributed by atoms with Gasteiger partial charge in [-0.25, -0.2) is 0 Å². The Morgan fingerprint density at radius 3 is 2.68 bits per heavy atom. The Morgan fingerprint density at radius 2 is 2.00 bits per heavy atom. The summed E-state index contributed by atoms with van der Waals surface area (Å²) in [5.41, 5.74) is 9.18. The van der Waals surface area contributed by atoms with Gasteiger partial charge < -0.3 is 10.6 Å². The first-order chi connectivity index (χ1) is 9.25.